The largest absolute Gasteiger partial charge is 0.486 e. The summed E-state index contributed by atoms with van der Waals surface area (Å²) in [6.07, 6.45) is 0. The quantitative estimate of drug-likeness (QED) is 0.859. The second kappa shape index (κ2) is 6.45. The number of carboxylic acids is 1. The van der Waals surface area contributed by atoms with Crippen LogP contribution in [-0.2, 0) is 4.79 Å². The van der Waals surface area contributed by atoms with Crippen LogP contribution >= 0.6 is 15.9 Å². The molecular weight excluding hydrogens is 326 g/mol. The van der Waals surface area contributed by atoms with Crippen LogP contribution in [0.2, 0.25) is 0 Å². The fourth-order valence-corrected chi connectivity index (χ4v) is 2.57. The van der Waals surface area contributed by atoms with Crippen LogP contribution in [0.4, 0.5) is 0 Å². The van der Waals surface area contributed by atoms with Gasteiger partial charge >= 0.3 is 5.97 Å². The van der Waals surface area contributed by atoms with Crippen molar-refractivity contribution in [2.24, 2.45) is 5.92 Å². The van der Waals surface area contributed by atoms with Gasteiger partial charge in [-0.3, -0.25) is 4.79 Å². The lowest BCUT2D eigenvalue weighted by atomic mass is 10.1. The molecule has 1 aliphatic rings. The van der Waals surface area contributed by atoms with E-state index >= 15 is 0 Å². The molecule has 110 valence electrons. The predicted molar refractivity (Wildman–Crippen MR) is 78.3 cm³/mol. The number of nitrogens with one attached hydrogen (secondary N) is 1. The third-order valence-corrected chi connectivity index (χ3v) is 3.52. The number of fused-ring (bicyclic) bond motifs is 1. The van der Waals surface area contributed by atoms with Crippen molar-refractivity contribution in [3.05, 3.63) is 22.2 Å². The zero-order valence-corrected chi connectivity index (χ0v) is 13.1. The Morgan fingerprint density at radius 3 is 2.75 bits per heavy atom. The minimum atomic E-state index is -0.908. The molecule has 1 aromatic rings. The molecule has 0 spiro atoms. The molecule has 2 rings (SSSR count). The van der Waals surface area contributed by atoms with Gasteiger partial charge in [0.2, 0.25) is 0 Å². The molecule has 0 amide bonds. The van der Waals surface area contributed by atoms with Crippen molar-refractivity contribution in [3.63, 3.8) is 0 Å². The predicted octanol–water partition coefficient (Wildman–Crippen LogP) is 2.59. The Balaban J connectivity index is 2.29. The van der Waals surface area contributed by atoms with Crippen LogP contribution in [0.1, 0.15) is 25.5 Å². The van der Waals surface area contributed by atoms with Gasteiger partial charge in [0.25, 0.3) is 0 Å². The molecule has 20 heavy (non-hydrogen) atoms. The lowest BCUT2D eigenvalue weighted by molar-refractivity contribution is -0.139. The zero-order valence-electron chi connectivity index (χ0n) is 11.5. The van der Waals surface area contributed by atoms with Crippen LogP contribution in [0.25, 0.3) is 0 Å². The maximum absolute atomic E-state index is 11.4. The first-order valence-electron chi connectivity index (χ1n) is 6.54. The monoisotopic (exact) mass is 343 g/mol. The van der Waals surface area contributed by atoms with E-state index in [0.717, 1.165) is 0 Å². The van der Waals surface area contributed by atoms with E-state index in [1.165, 1.54) is 0 Å². The highest BCUT2D eigenvalue weighted by Crippen LogP contribution is 2.39. The number of carbonyl (C=O) groups is 1. The molecule has 0 fully saturated rings. The second-order valence-corrected chi connectivity index (χ2v) is 5.95. The number of aliphatic carboxylic acids is 1. The van der Waals surface area contributed by atoms with Crippen LogP contribution in [0, 0.1) is 5.92 Å². The molecule has 1 heterocycles. The summed E-state index contributed by atoms with van der Waals surface area (Å²) >= 11 is 3.40. The van der Waals surface area contributed by atoms with Crippen molar-refractivity contribution in [1.29, 1.82) is 0 Å². The fourth-order valence-electron chi connectivity index (χ4n) is 2.00. The van der Waals surface area contributed by atoms with Crippen LogP contribution in [0.3, 0.4) is 0 Å². The van der Waals surface area contributed by atoms with Gasteiger partial charge in [0.15, 0.2) is 11.5 Å². The number of benzene rings is 1. The lowest BCUT2D eigenvalue weighted by Crippen LogP contribution is -2.31. The number of hydrogen-bond acceptors (Lipinski definition) is 4. The van der Waals surface area contributed by atoms with E-state index in [1.807, 2.05) is 13.8 Å². The van der Waals surface area contributed by atoms with Gasteiger partial charge in [-0.1, -0.05) is 13.8 Å². The molecule has 5 nitrogen and oxygen atoms in total. The maximum Gasteiger partial charge on any atom is 0.325 e. The molecule has 0 radical (unpaired) electrons. The Morgan fingerprint density at radius 2 is 2.10 bits per heavy atom. The van der Waals surface area contributed by atoms with Gasteiger partial charge in [0, 0.05) is 0 Å². The summed E-state index contributed by atoms with van der Waals surface area (Å²) in [7, 11) is 0. The number of ether oxygens (including phenoxy) is 2. The average Bonchev–Trinajstić information content (AvgIpc) is 2.38. The summed E-state index contributed by atoms with van der Waals surface area (Å²) in [6, 6.07) is 2.73. The number of rotatable bonds is 5. The molecule has 6 heteroatoms. The summed E-state index contributed by atoms with van der Waals surface area (Å²) in [6.45, 7) is 5.67. The highest BCUT2D eigenvalue weighted by atomic mass is 79.9. The first kappa shape index (κ1) is 15.1. The average molecular weight is 344 g/mol. The van der Waals surface area contributed by atoms with Crippen LogP contribution in [-0.4, -0.2) is 30.8 Å². The highest BCUT2D eigenvalue weighted by molar-refractivity contribution is 9.10. The minimum Gasteiger partial charge on any atom is -0.486 e. The number of halogens is 1. The topological polar surface area (TPSA) is 67.8 Å². The van der Waals surface area contributed by atoms with E-state index in [9.17, 15) is 9.90 Å². The Bertz CT molecular complexity index is 504. The number of hydrogen-bond donors (Lipinski definition) is 2. The molecular formula is C14H18BrNO4. The summed E-state index contributed by atoms with van der Waals surface area (Å²) in [5.74, 6) is 0.679. The Morgan fingerprint density at radius 1 is 1.40 bits per heavy atom. The molecule has 2 N–H and O–H groups in total. The Hall–Kier alpha value is -1.27. The van der Waals surface area contributed by atoms with Gasteiger partial charge in [0.05, 0.1) is 4.47 Å². The first-order chi connectivity index (χ1) is 9.49. The molecule has 1 unspecified atom stereocenters. The second-order valence-electron chi connectivity index (χ2n) is 5.10. The SMILES string of the molecule is CC(C)CNC(C(=O)O)c1cc(Br)c2c(c1)OCCO2. The van der Waals surface area contributed by atoms with E-state index < -0.39 is 12.0 Å². The Labute approximate surface area is 126 Å². The molecule has 1 aromatic carbocycles. The minimum absolute atomic E-state index is 0.373. The summed E-state index contributed by atoms with van der Waals surface area (Å²) in [5.41, 5.74) is 0.647. The van der Waals surface area contributed by atoms with E-state index in [0.29, 0.717) is 47.2 Å². The van der Waals surface area contributed by atoms with E-state index in [1.54, 1.807) is 12.1 Å². The van der Waals surface area contributed by atoms with Crippen LogP contribution < -0.4 is 14.8 Å². The summed E-state index contributed by atoms with van der Waals surface area (Å²) < 4.78 is 11.7. The molecule has 0 saturated carbocycles. The summed E-state index contributed by atoms with van der Waals surface area (Å²) in [5, 5.41) is 12.4. The zero-order chi connectivity index (χ0) is 14.7. The first-order valence-corrected chi connectivity index (χ1v) is 7.33. The molecule has 0 aliphatic carbocycles. The maximum atomic E-state index is 11.4. The van der Waals surface area contributed by atoms with Crippen LogP contribution in [0.5, 0.6) is 11.5 Å². The van der Waals surface area contributed by atoms with E-state index in [4.69, 9.17) is 9.47 Å². The molecule has 1 atom stereocenters. The standard InChI is InChI=1S/C14H18BrNO4/c1-8(2)7-16-12(14(17)18)9-5-10(15)13-11(6-9)19-3-4-20-13/h5-6,8,12,16H,3-4,7H2,1-2H3,(H,17,18). The van der Waals surface area contributed by atoms with Gasteiger partial charge in [-0.2, -0.15) is 0 Å². The van der Waals surface area contributed by atoms with Crippen LogP contribution in [0.15, 0.2) is 16.6 Å². The van der Waals surface area contributed by atoms with Crippen molar-refractivity contribution in [2.45, 2.75) is 19.9 Å². The lowest BCUT2D eigenvalue weighted by Gasteiger charge is -2.23. The highest BCUT2D eigenvalue weighted by Gasteiger charge is 2.24. The van der Waals surface area contributed by atoms with Crippen molar-refractivity contribution >= 4 is 21.9 Å². The van der Waals surface area contributed by atoms with Crippen molar-refractivity contribution < 1.29 is 19.4 Å². The fraction of sp³-hybridized carbons (Fsp3) is 0.500. The molecule has 0 saturated heterocycles. The summed E-state index contributed by atoms with van der Waals surface area (Å²) in [4.78, 5) is 11.4. The van der Waals surface area contributed by atoms with Crippen molar-refractivity contribution in [3.8, 4) is 11.5 Å². The van der Waals surface area contributed by atoms with Gasteiger partial charge in [-0.05, 0) is 46.1 Å². The normalized spacial score (nSPS) is 15.2. The van der Waals surface area contributed by atoms with Crippen molar-refractivity contribution in [2.75, 3.05) is 19.8 Å². The molecule has 1 aliphatic heterocycles. The van der Waals surface area contributed by atoms with Crippen molar-refractivity contribution in [1.82, 2.24) is 5.32 Å². The Kier molecular flexibility index (Phi) is 4.88. The third-order valence-electron chi connectivity index (χ3n) is 2.93. The van der Waals surface area contributed by atoms with Gasteiger partial charge in [-0.25, -0.2) is 0 Å². The van der Waals surface area contributed by atoms with Gasteiger partial charge in [0.1, 0.15) is 19.3 Å². The smallest absolute Gasteiger partial charge is 0.325 e. The molecule has 0 bridgehead atoms. The van der Waals surface area contributed by atoms with Gasteiger partial charge < -0.3 is 19.9 Å². The third kappa shape index (κ3) is 3.43. The van der Waals surface area contributed by atoms with E-state index in [2.05, 4.69) is 21.2 Å². The van der Waals surface area contributed by atoms with Gasteiger partial charge in [-0.15, -0.1) is 0 Å². The van der Waals surface area contributed by atoms with E-state index in [-0.39, 0.29) is 0 Å². The number of carboxylic acid groups (broad SMARTS) is 1. The molecule has 0 aromatic heterocycles.